The van der Waals surface area contributed by atoms with Crippen LogP contribution >= 0.6 is 12.6 Å². The normalized spacial score (nSPS) is 14.1. The van der Waals surface area contributed by atoms with E-state index in [1.165, 1.54) is 12.5 Å². The number of thiol groups is 1. The average molecular weight is 521 g/mol. The van der Waals surface area contributed by atoms with Crippen LogP contribution in [0.15, 0.2) is 42.9 Å². The quantitative estimate of drug-likeness (QED) is 0.135. The molecule has 2 rings (SSSR count). The highest BCUT2D eigenvalue weighted by Gasteiger charge is 2.31. The number of nitrogens with two attached hydrogens (primary N) is 1. The van der Waals surface area contributed by atoms with Crippen molar-refractivity contribution in [2.45, 2.75) is 43.4 Å². The van der Waals surface area contributed by atoms with E-state index in [9.17, 15) is 34.2 Å². The SMILES string of the molecule is NC(Cc1cnc[nH]1)C(=O)NC(CC(=O)O)C(=O)NC(CS)C(=O)NC(Cc1ccccc1)C(=O)O. The monoisotopic (exact) mass is 520 g/mol. The lowest BCUT2D eigenvalue weighted by Crippen LogP contribution is -2.58. The van der Waals surface area contributed by atoms with E-state index in [2.05, 4.69) is 38.5 Å². The van der Waals surface area contributed by atoms with Crippen molar-refractivity contribution in [3.8, 4) is 0 Å². The van der Waals surface area contributed by atoms with Crippen molar-refractivity contribution >= 4 is 42.3 Å². The van der Waals surface area contributed by atoms with E-state index in [0.29, 0.717) is 11.3 Å². The van der Waals surface area contributed by atoms with Crippen LogP contribution in [0.1, 0.15) is 17.7 Å². The maximum atomic E-state index is 12.8. The summed E-state index contributed by atoms with van der Waals surface area (Å²) in [6.07, 6.45) is 2.15. The second-order valence-electron chi connectivity index (χ2n) is 7.88. The molecule has 0 saturated carbocycles. The number of amides is 3. The first-order chi connectivity index (χ1) is 17.1. The first-order valence-electron chi connectivity index (χ1n) is 10.8. The number of nitrogens with one attached hydrogen (secondary N) is 4. The Labute approximate surface area is 211 Å². The van der Waals surface area contributed by atoms with Crippen LogP contribution in [-0.2, 0) is 36.8 Å². The second kappa shape index (κ2) is 13.8. The second-order valence-corrected chi connectivity index (χ2v) is 8.24. The number of H-pyrrole nitrogens is 1. The van der Waals surface area contributed by atoms with E-state index in [-0.39, 0.29) is 18.6 Å². The fraction of sp³-hybridized carbons (Fsp3) is 0.364. The molecule has 1 heterocycles. The summed E-state index contributed by atoms with van der Waals surface area (Å²) in [6.45, 7) is 0. The summed E-state index contributed by atoms with van der Waals surface area (Å²) in [5.41, 5.74) is 7.07. The summed E-state index contributed by atoms with van der Waals surface area (Å²) >= 11 is 4.04. The van der Waals surface area contributed by atoms with Gasteiger partial charge in [-0.1, -0.05) is 30.3 Å². The zero-order valence-electron chi connectivity index (χ0n) is 19.1. The van der Waals surface area contributed by atoms with Crippen LogP contribution in [0.2, 0.25) is 0 Å². The molecule has 0 aliphatic carbocycles. The van der Waals surface area contributed by atoms with Crippen LogP contribution in [0, 0.1) is 0 Å². The predicted molar refractivity (Wildman–Crippen MR) is 130 cm³/mol. The van der Waals surface area contributed by atoms with E-state index in [1.807, 2.05) is 0 Å². The fourth-order valence-electron chi connectivity index (χ4n) is 3.18. The van der Waals surface area contributed by atoms with E-state index < -0.39 is 60.2 Å². The molecule has 1 aromatic heterocycles. The highest BCUT2D eigenvalue weighted by atomic mass is 32.1. The number of nitrogens with zero attached hydrogens (tertiary/aromatic N) is 1. The van der Waals surface area contributed by atoms with Gasteiger partial charge in [-0.2, -0.15) is 12.6 Å². The molecule has 2 aromatic rings. The lowest BCUT2D eigenvalue weighted by atomic mass is 10.1. The molecule has 3 amide bonds. The van der Waals surface area contributed by atoms with Gasteiger partial charge in [-0.3, -0.25) is 19.2 Å². The van der Waals surface area contributed by atoms with Gasteiger partial charge in [0.2, 0.25) is 17.7 Å². The number of aromatic nitrogens is 2. The Morgan fingerprint density at radius 1 is 0.917 bits per heavy atom. The van der Waals surface area contributed by atoms with Gasteiger partial charge >= 0.3 is 11.9 Å². The summed E-state index contributed by atoms with van der Waals surface area (Å²) in [6, 6.07) is 3.40. The zero-order valence-corrected chi connectivity index (χ0v) is 20.0. The molecule has 8 N–H and O–H groups in total. The van der Waals surface area contributed by atoms with Crippen molar-refractivity contribution < 1.29 is 34.2 Å². The molecule has 36 heavy (non-hydrogen) atoms. The third kappa shape index (κ3) is 9.03. The van der Waals surface area contributed by atoms with Gasteiger partial charge in [0.05, 0.1) is 18.8 Å². The van der Waals surface area contributed by atoms with E-state index in [0.717, 1.165) is 0 Å². The fourth-order valence-corrected chi connectivity index (χ4v) is 3.43. The van der Waals surface area contributed by atoms with E-state index in [1.54, 1.807) is 30.3 Å². The minimum atomic E-state index is -1.54. The molecule has 194 valence electrons. The smallest absolute Gasteiger partial charge is 0.326 e. The van der Waals surface area contributed by atoms with Crippen molar-refractivity contribution in [1.82, 2.24) is 25.9 Å². The third-order valence-corrected chi connectivity index (χ3v) is 5.42. The lowest BCUT2D eigenvalue weighted by molar-refractivity contribution is -0.143. The molecule has 0 bridgehead atoms. The predicted octanol–water partition coefficient (Wildman–Crippen LogP) is -1.53. The highest BCUT2D eigenvalue weighted by Crippen LogP contribution is 2.05. The molecule has 13 nitrogen and oxygen atoms in total. The third-order valence-electron chi connectivity index (χ3n) is 5.06. The van der Waals surface area contributed by atoms with Gasteiger partial charge < -0.3 is 36.9 Å². The number of imidazole rings is 1. The maximum Gasteiger partial charge on any atom is 0.326 e. The number of hydrogen-bond donors (Lipinski definition) is 8. The molecule has 0 aliphatic heterocycles. The number of carbonyl (C=O) groups excluding carboxylic acids is 3. The van der Waals surface area contributed by atoms with E-state index in [4.69, 9.17) is 5.73 Å². The molecule has 0 radical (unpaired) electrons. The van der Waals surface area contributed by atoms with Crippen LogP contribution < -0.4 is 21.7 Å². The lowest BCUT2D eigenvalue weighted by Gasteiger charge is -2.24. The zero-order chi connectivity index (χ0) is 26.7. The van der Waals surface area contributed by atoms with Crippen molar-refractivity contribution in [3.05, 3.63) is 54.1 Å². The van der Waals surface area contributed by atoms with Crippen molar-refractivity contribution in [2.75, 3.05) is 5.75 Å². The number of aliphatic carboxylic acids is 2. The molecule has 4 unspecified atom stereocenters. The number of hydrogen-bond acceptors (Lipinski definition) is 8. The number of carboxylic acids is 2. The molecule has 4 atom stereocenters. The molecule has 0 aliphatic rings. The number of carboxylic acid groups (broad SMARTS) is 2. The summed E-state index contributed by atoms with van der Waals surface area (Å²) < 4.78 is 0. The Morgan fingerprint density at radius 2 is 1.53 bits per heavy atom. The van der Waals surface area contributed by atoms with Gasteiger partial charge in [0.15, 0.2) is 0 Å². The van der Waals surface area contributed by atoms with Crippen LogP contribution in [0.5, 0.6) is 0 Å². The molecular formula is C22H28N6O7S. The van der Waals surface area contributed by atoms with Crippen LogP contribution in [-0.4, -0.2) is 79.8 Å². The maximum absolute atomic E-state index is 12.8. The summed E-state index contributed by atoms with van der Waals surface area (Å²) in [7, 11) is 0. The average Bonchev–Trinajstić information content (AvgIpc) is 3.34. The number of rotatable bonds is 14. The van der Waals surface area contributed by atoms with E-state index >= 15 is 0 Å². The topological polar surface area (TPSA) is 217 Å². The molecule has 14 heteroatoms. The van der Waals surface area contributed by atoms with Crippen molar-refractivity contribution in [2.24, 2.45) is 5.73 Å². The summed E-state index contributed by atoms with van der Waals surface area (Å²) in [5, 5.41) is 25.6. The molecule has 0 spiro atoms. The van der Waals surface area contributed by atoms with Crippen molar-refractivity contribution in [1.29, 1.82) is 0 Å². The molecular weight excluding hydrogens is 492 g/mol. The van der Waals surface area contributed by atoms with Gasteiger partial charge in [0.25, 0.3) is 0 Å². The van der Waals surface area contributed by atoms with Gasteiger partial charge in [0.1, 0.15) is 18.1 Å². The Kier molecular flexibility index (Phi) is 10.9. The first kappa shape index (κ1) is 28.3. The first-order valence-corrected chi connectivity index (χ1v) is 11.5. The molecule has 0 saturated heterocycles. The highest BCUT2D eigenvalue weighted by molar-refractivity contribution is 7.80. The van der Waals surface area contributed by atoms with Gasteiger partial charge in [0, 0.05) is 30.5 Å². The standard InChI is InChI=1S/C22H28N6O7S/c23-14(7-13-9-24-11-25-13)19(31)26-15(8-18(29)30)20(32)28-17(10-36)21(33)27-16(22(34)35)6-12-4-2-1-3-5-12/h1-5,9,11,14-17,36H,6-8,10,23H2,(H,24,25)(H,26,31)(H,27,33)(H,28,32)(H,29,30)(H,34,35). The molecule has 0 fully saturated rings. The van der Waals surface area contributed by atoms with Crippen molar-refractivity contribution in [3.63, 3.8) is 0 Å². The summed E-state index contributed by atoms with van der Waals surface area (Å²) in [4.78, 5) is 67.4. The Morgan fingerprint density at radius 3 is 2.08 bits per heavy atom. The van der Waals surface area contributed by atoms with Gasteiger partial charge in [-0.15, -0.1) is 0 Å². The summed E-state index contributed by atoms with van der Waals surface area (Å²) in [5.74, 6) is -5.46. The van der Waals surface area contributed by atoms with Gasteiger partial charge in [-0.05, 0) is 5.56 Å². The Hall–Kier alpha value is -3.91. The number of benzene rings is 1. The molecule has 1 aromatic carbocycles. The van der Waals surface area contributed by atoms with Gasteiger partial charge in [-0.25, -0.2) is 9.78 Å². The van der Waals surface area contributed by atoms with Crippen LogP contribution in [0.25, 0.3) is 0 Å². The number of carbonyl (C=O) groups is 5. The largest absolute Gasteiger partial charge is 0.481 e. The minimum Gasteiger partial charge on any atom is -0.481 e. The van der Waals surface area contributed by atoms with Crippen LogP contribution in [0.4, 0.5) is 0 Å². The number of aromatic amines is 1. The Balaban J connectivity index is 2.03. The minimum absolute atomic E-state index is 0.00106. The Bertz CT molecular complexity index is 1050. The van der Waals surface area contributed by atoms with Crippen LogP contribution in [0.3, 0.4) is 0 Å².